The van der Waals surface area contributed by atoms with Gasteiger partial charge in [0.05, 0.1) is 29.1 Å². The Morgan fingerprint density at radius 1 is 0.404 bits per heavy atom. The molecule has 220 valence electrons. The average molecular weight is 610 g/mol. The summed E-state index contributed by atoms with van der Waals surface area (Å²) in [7, 11) is 0. The number of rotatable bonds is 5. The lowest BCUT2D eigenvalue weighted by molar-refractivity contribution is 1.08. The predicted octanol–water partition coefficient (Wildman–Crippen LogP) is 10.8. The van der Waals surface area contributed by atoms with Crippen molar-refractivity contribution in [3.05, 3.63) is 170 Å². The van der Waals surface area contributed by atoms with Gasteiger partial charge in [-0.2, -0.15) is 0 Å². The third-order valence-corrected chi connectivity index (χ3v) is 8.27. The smallest absolute Gasteiger partial charge is 0.164 e. The van der Waals surface area contributed by atoms with E-state index in [9.17, 15) is 0 Å². The van der Waals surface area contributed by atoms with Crippen LogP contribution < -0.4 is 0 Å². The zero-order chi connectivity index (χ0) is 39.0. The maximum absolute atomic E-state index is 9.14. The molecule has 0 radical (unpaired) electrons. The van der Waals surface area contributed by atoms with E-state index in [1.807, 2.05) is 97.1 Å². The minimum Gasteiger partial charge on any atom is -0.309 e. The van der Waals surface area contributed by atoms with E-state index in [1.54, 1.807) is 22.8 Å². The molecule has 0 aliphatic carbocycles. The van der Waals surface area contributed by atoms with E-state index >= 15 is 0 Å². The maximum atomic E-state index is 9.14. The Morgan fingerprint density at radius 3 is 1.74 bits per heavy atom. The van der Waals surface area contributed by atoms with E-state index in [-0.39, 0.29) is 41.3 Å². The fourth-order valence-corrected chi connectivity index (χ4v) is 6.12. The monoisotopic (exact) mass is 609 g/mol. The summed E-state index contributed by atoms with van der Waals surface area (Å²) in [5.74, 6) is 1.44. The molecule has 0 N–H and O–H groups in total. The third kappa shape index (κ3) is 4.66. The van der Waals surface area contributed by atoms with Crippen molar-refractivity contribution in [3.8, 4) is 51.0 Å². The van der Waals surface area contributed by atoms with Crippen LogP contribution in [0.4, 0.5) is 0 Å². The second-order valence-corrected chi connectivity index (χ2v) is 11.0. The largest absolute Gasteiger partial charge is 0.309 e. The van der Waals surface area contributed by atoms with Gasteiger partial charge in [0.25, 0.3) is 0 Å². The molecule has 0 unspecified atom stereocenters. The highest BCUT2D eigenvalue weighted by Crippen LogP contribution is 2.39. The number of hydrogen-bond donors (Lipinski definition) is 0. The van der Waals surface area contributed by atoms with Gasteiger partial charge < -0.3 is 4.57 Å². The molecule has 0 aliphatic heterocycles. The summed E-state index contributed by atoms with van der Waals surface area (Å²) in [6.07, 6.45) is 0. The van der Waals surface area contributed by atoms with E-state index in [2.05, 4.69) is 0 Å². The van der Waals surface area contributed by atoms with Crippen LogP contribution in [0.2, 0.25) is 0 Å². The SMILES string of the molecule is [2H]c1c([2H])c([2H])c(-c2ccc3c4c([2H])c([2H])c([2H])c([2H])c4n(-c4ccc(-c5nc(-c6ccccc6)nc(-c6ccccc6)n5)c5ccccc45)c3c2)c([2H])c1[2H]. The van der Waals surface area contributed by atoms with Gasteiger partial charge in [0.2, 0.25) is 0 Å². The molecule has 0 fully saturated rings. The molecule has 0 atom stereocenters. The maximum Gasteiger partial charge on any atom is 0.164 e. The summed E-state index contributed by atoms with van der Waals surface area (Å²) in [5.41, 5.74) is 3.99. The number of para-hydroxylation sites is 1. The Morgan fingerprint density at radius 2 is 1.02 bits per heavy atom. The summed E-state index contributed by atoms with van der Waals surface area (Å²) in [5, 5.41) is 2.30. The summed E-state index contributed by atoms with van der Waals surface area (Å²) in [6, 6.07) is 32.3. The molecule has 0 saturated carbocycles. The normalized spacial score (nSPS) is 14.1. The average Bonchev–Trinajstić information content (AvgIpc) is 3.58. The van der Waals surface area contributed by atoms with Crippen LogP contribution in [0.1, 0.15) is 12.3 Å². The minimum absolute atomic E-state index is 0.00717. The van der Waals surface area contributed by atoms with E-state index in [0.717, 1.165) is 21.9 Å². The first-order valence-corrected chi connectivity index (χ1v) is 15.1. The molecule has 2 aromatic heterocycles. The first-order valence-electron chi connectivity index (χ1n) is 19.6. The summed E-state index contributed by atoms with van der Waals surface area (Å²) in [4.78, 5) is 14.8. The van der Waals surface area contributed by atoms with Crippen molar-refractivity contribution in [3.63, 3.8) is 0 Å². The number of benzene rings is 7. The molecule has 9 aromatic rings. The van der Waals surface area contributed by atoms with Crippen LogP contribution in [0.3, 0.4) is 0 Å². The van der Waals surface area contributed by atoms with Crippen molar-refractivity contribution >= 4 is 32.6 Å². The lowest BCUT2D eigenvalue weighted by Gasteiger charge is -2.15. The minimum atomic E-state index is -0.501. The standard InChI is InChI=1S/C43H28N4/c1-4-14-29(15-5-1)32-24-25-36-35-22-12-13-23-38(35)47(40(36)28-32)39-27-26-37(33-20-10-11-21-34(33)39)43-45-41(30-16-6-2-7-17-30)44-42(46-43)31-18-8-3-9-19-31/h1-28H/i1D,4D,5D,12D,13D,14D,15D,22D,23D. The molecule has 4 nitrogen and oxygen atoms in total. The van der Waals surface area contributed by atoms with Crippen molar-refractivity contribution in [2.45, 2.75) is 0 Å². The zero-order valence-corrected chi connectivity index (χ0v) is 24.8. The molecule has 0 bridgehead atoms. The molecule has 0 saturated heterocycles. The lowest BCUT2D eigenvalue weighted by Crippen LogP contribution is -2.01. The van der Waals surface area contributed by atoms with Crippen molar-refractivity contribution in [1.82, 2.24) is 19.5 Å². The fraction of sp³-hybridized carbons (Fsp3) is 0. The molecule has 0 aliphatic rings. The Bertz CT molecular complexity index is 2990. The summed E-state index contributed by atoms with van der Waals surface area (Å²) >= 11 is 0. The highest BCUT2D eigenvalue weighted by Gasteiger charge is 2.19. The number of fused-ring (bicyclic) bond motifs is 4. The van der Waals surface area contributed by atoms with Crippen LogP contribution in [0.5, 0.6) is 0 Å². The van der Waals surface area contributed by atoms with E-state index in [4.69, 9.17) is 27.3 Å². The molecule has 0 spiro atoms. The van der Waals surface area contributed by atoms with Gasteiger partial charge in [0.1, 0.15) is 0 Å². The topological polar surface area (TPSA) is 43.6 Å². The van der Waals surface area contributed by atoms with Crippen molar-refractivity contribution in [2.24, 2.45) is 0 Å². The number of nitrogens with zero attached hydrogens (tertiary/aromatic N) is 4. The molecule has 47 heavy (non-hydrogen) atoms. The van der Waals surface area contributed by atoms with Crippen LogP contribution >= 0.6 is 0 Å². The number of hydrogen-bond acceptors (Lipinski definition) is 3. The Labute approximate surface area is 284 Å². The molecule has 4 heteroatoms. The Hall–Kier alpha value is -6.39. The van der Waals surface area contributed by atoms with Crippen LogP contribution in [-0.4, -0.2) is 19.5 Å². The molecule has 7 aromatic carbocycles. The summed E-state index contributed by atoms with van der Waals surface area (Å²) < 4.78 is 79.2. The molecule has 9 rings (SSSR count). The fourth-order valence-electron chi connectivity index (χ4n) is 6.12. The van der Waals surface area contributed by atoms with E-state index in [0.29, 0.717) is 50.6 Å². The molecule has 2 heterocycles. The first kappa shape index (κ1) is 19.2. The predicted molar refractivity (Wildman–Crippen MR) is 193 cm³/mol. The van der Waals surface area contributed by atoms with Crippen LogP contribution in [-0.2, 0) is 0 Å². The Balaban J connectivity index is 1.35. The van der Waals surface area contributed by atoms with E-state index in [1.165, 1.54) is 0 Å². The van der Waals surface area contributed by atoms with Gasteiger partial charge in [0, 0.05) is 32.8 Å². The van der Waals surface area contributed by atoms with Crippen molar-refractivity contribution in [2.75, 3.05) is 0 Å². The van der Waals surface area contributed by atoms with Crippen molar-refractivity contribution < 1.29 is 12.3 Å². The number of aromatic nitrogens is 4. The molecule has 0 amide bonds. The van der Waals surface area contributed by atoms with Crippen LogP contribution in [0.25, 0.3) is 83.6 Å². The van der Waals surface area contributed by atoms with Gasteiger partial charge in [0.15, 0.2) is 17.5 Å². The third-order valence-electron chi connectivity index (χ3n) is 8.27. The first-order chi connectivity index (χ1) is 27.0. The van der Waals surface area contributed by atoms with Gasteiger partial charge in [-0.05, 0) is 40.8 Å². The highest BCUT2D eigenvalue weighted by atomic mass is 15.0. The lowest BCUT2D eigenvalue weighted by atomic mass is 10.0. The van der Waals surface area contributed by atoms with Gasteiger partial charge in [-0.3, -0.25) is 0 Å². The highest BCUT2D eigenvalue weighted by molar-refractivity contribution is 6.12. The van der Waals surface area contributed by atoms with Gasteiger partial charge >= 0.3 is 0 Å². The van der Waals surface area contributed by atoms with Gasteiger partial charge in [-0.15, -0.1) is 0 Å². The Kier molecular flexibility index (Phi) is 4.57. The van der Waals surface area contributed by atoms with Gasteiger partial charge in [-0.25, -0.2) is 15.0 Å². The van der Waals surface area contributed by atoms with Crippen LogP contribution in [0, 0.1) is 0 Å². The quantitative estimate of drug-likeness (QED) is 0.195. The molecular formula is C43H28N4. The van der Waals surface area contributed by atoms with Crippen molar-refractivity contribution in [1.29, 1.82) is 0 Å². The zero-order valence-electron chi connectivity index (χ0n) is 33.8. The van der Waals surface area contributed by atoms with Gasteiger partial charge in [-0.1, -0.05) is 145 Å². The van der Waals surface area contributed by atoms with E-state index < -0.39 is 24.2 Å². The van der Waals surface area contributed by atoms with Crippen LogP contribution in [0.15, 0.2) is 170 Å². The second kappa shape index (κ2) is 11.2. The molecular weight excluding hydrogens is 573 g/mol. The summed E-state index contributed by atoms with van der Waals surface area (Å²) in [6.45, 7) is 0. The second-order valence-electron chi connectivity index (χ2n) is 11.0.